The van der Waals surface area contributed by atoms with Gasteiger partial charge in [0.05, 0.1) is 10.8 Å². The average molecular weight is 376 g/mol. The molecule has 3 rings (SSSR count). The van der Waals surface area contributed by atoms with E-state index in [0.29, 0.717) is 38.2 Å². The molecule has 0 spiro atoms. The number of nitrogens with zero attached hydrogens (tertiary/aromatic N) is 3. The molecule has 0 unspecified atom stereocenters. The second kappa shape index (κ2) is 8.02. The van der Waals surface area contributed by atoms with Crippen LogP contribution in [0.15, 0.2) is 24.3 Å². The standard InChI is InChI=1S/C17H20N4O6/c22-15(20-10-7-18-17(20)24)11-27-16(23)12-5-8-19(9-6-12)13-3-1-2-4-14(13)21(25)26/h1-4,12H,5-11H2,(H,18,24). The molecule has 2 heterocycles. The minimum Gasteiger partial charge on any atom is -0.455 e. The van der Waals surface area contributed by atoms with Crippen molar-refractivity contribution in [3.63, 3.8) is 0 Å². The Kier molecular flexibility index (Phi) is 5.53. The number of carbonyl (C=O) groups is 3. The first kappa shape index (κ1) is 18.6. The van der Waals surface area contributed by atoms with E-state index in [4.69, 9.17) is 4.74 Å². The Morgan fingerprint density at radius 2 is 1.93 bits per heavy atom. The number of piperidine rings is 1. The number of carbonyl (C=O) groups excluding carboxylic acids is 3. The molecule has 0 radical (unpaired) electrons. The molecule has 0 saturated carbocycles. The Bertz CT molecular complexity index is 760. The lowest BCUT2D eigenvalue weighted by Crippen LogP contribution is -2.40. The molecular formula is C17H20N4O6. The third-order valence-corrected chi connectivity index (χ3v) is 4.74. The Labute approximate surface area is 155 Å². The molecule has 1 aromatic carbocycles. The number of anilines is 1. The van der Waals surface area contributed by atoms with Crippen LogP contribution < -0.4 is 10.2 Å². The van der Waals surface area contributed by atoms with Gasteiger partial charge in [-0.1, -0.05) is 12.1 Å². The molecule has 1 N–H and O–H groups in total. The molecule has 3 amide bonds. The van der Waals surface area contributed by atoms with E-state index in [-0.39, 0.29) is 18.2 Å². The molecule has 0 aromatic heterocycles. The van der Waals surface area contributed by atoms with Crippen LogP contribution in [0.4, 0.5) is 16.2 Å². The van der Waals surface area contributed by atoms with E-state index in [1.165, 1.54) is 6.07 Å². The zero-order valence-corrected chi connectivity index (χ0v) is 14.6. The maximum absolute atomic E-state index is 12.2. The van der Waals surface area contributed by atoms with Crippen molar-refractivity contribution in [3.05, 3.63) is 34.4 Å². The number of ether oxygens (including phenoxy) is 1. The van der Waals surface area contributed by atoms with Crippen molar-refractivity contribution in [1.29, 1.82) is 0 Å². The van der Waals surface area contributed by atoms with Crippen molar-refractivity contribution in [2.45, 2.75) is 12.8 Å². The van der Waals surface area contributed by atoms with Gasteiger partial charge in [0.1, 0.15) is 5.69 Å². The molecular weight excluding hydrogens is 356 g/mol. The molecule has 10 nitrogen and oxygen atoms in total. The van der Waals surface area contributed by atoms with E-state index >= 15 is 0 Å². The van der Waals surface area contributed by atoms with Crippen molar-refractivity contribution in [2.24, 2.45) is 5.92 Å². The van der Waals surface area contributed by atoms with E-state index in [0.717, 1.165) is 4.90 Å². The second-order valence-electron chi connectivity index (χ2n) is 6.39. The predicted octanol–water partition coefficient (Wildman–Crippen LogP) is 0.906. The number of hydrogen-bond acceptors (Lipinski definition) is 7. The highest BCUT2D eigenvalue weighted by Gasteiger charge is 2.31. The molecule has 2 saturated heterocycles. The van der Waals surface area contributed by atoms with Gasteiger partial charge in [-0.05, 0) is 18.9 Å². The van der Waals surface area contributed by atoms with Crippen LogP contribution in [0.3, 0.4) is 0 Å². The van der Waals surface area contributed by atoms with Crippen LogP contribution >= 0.6 is 0 Å². The minimum absolute atomic E-state index is 0.0352. The Morgan fingerprint density at radius 3 is 2.56 bits per heavy atom. The summed E-state index contributed by atoms with van der Waals surface area (Å²) in [5, 5.41) is 13.7. The largest absolute Gasteiger partial charge is 0.455 e. The fourth-order valence-corrected chi connectivity index (χ4v) is 3.28. The zero-order chi connectivity index (χ0) is 19.4. The summed E-state index contributed by atoms with van der Waals surface area (Å²) in [7, 11) is 0. The van der Waals surface area contributed by atoms with Crippen LogP contribution in [0.2, 0.25) is 0 Å². The molecule has 27 heavy (non-hydrogen) atoms. The summed E-state index contributed by atoms with van der Waals surface area (Å²) in [5.41, 5.74) is 0.567. The highest BCUT2D eigenvalue weighted by atomic mass is 16.6. The highest BCUT2D eigenvalue weighted by Crippen LogP contribution is 2.31. The SMILES string of the molecule is O=C(OCC(=O)N1CCNC1=O)C1CCN(c2ccccc2[N+](=O)[O-])CC1. The number of urea groups is 1. The van der Waals surface area contributed by atoms with E-state index < -0.39 is 29.4 Å². The average Bonchev–Trinajstić information content (AvgIpc) is 3.12. The number of nitrogens with one attached hydrogen (secondary N) is 1. The topological polar surface area (TPSA) is 122 Å². The van der Waals surface area contributed by atoms with Crippen LogP contribution in [-0.2, 0) is 14.3 Å². The second-order valence-corrected chi connectivity index (χ2v) is 6.39. The molecule has 1 aromatic rings. The van der Waals surface area contributed by atoms with E-state index in [9.17, 15) is 24.5 Å². The number of para-hydroxylation sites is 2. The molecule has 2 aliphatic rings. The monoisotopic (exact) mass is 376 g/mol. The summed E-state index contributed by atoms with van der Waals surface area (Å²) in [6.45, 7) is 1.16. The van der Waals surface area contributed by atoms with Crippen molar-refractivity contribution >= 4 is 29.3 Å². The Hall–Kier alpha value is -3.17. The van der Waals surface area contributed by atoms with Gasteiger partial charge in [-0.3, -0.25) is 24.6 Å². The number of esters is 1. The molecule has 0 aliphatic carbocycles. The summed E-state index contributed by atoms with van der Waals surface area (Å²) in [6, 6.07) is 6.02. The molecule has 10 heteroatoms. The van der Waals surface area contributed by atoms with Gasteiger partial charge in [-0.15, -0.1) is 0 Å². The van der Waals surface area contributed by atoms with Gasteiger partial charge in [-0.25, -0.2) is 4.79 Å². The molecule has 2 fully saturated rings. The maximum atomic E-state index is 12.2. The first-order valence-corrected chi connectivity index (χ1v) is 8.70. The van der Waals surface area contributed by atoms with Crippen LogP contribution in [0.25, 0.3) is 0 Å². The van der Waals surface area contributed by atoms with Gasteiger partial charge < -0.3 is 15.0 Å². The first-order chi connectivity index (χ1) is 13.0. The predicted molar refractivity (Wildman–Crippen MR) is 94.1 cm³/mol. The van der Waals surface area contributed by atoms with Gasteiger partial charge >= 0.3 is 12.0 Å². The van der Waals surface area contributed by atoms with Gasteiger partial charge in [0.2, 0.25) is 0 Å². The summed E-state index contributed by atoms with van der Waals surface area (Å²) < 4.78 is 5.07. The van der Waals surface area contributed by atoms with E-state index in [2.05, 4.69) is 5.32 Å². The summed E-state index contributed by atoms with van der Waals surface area (Å²) in [4.78, 5) is 49.1. The number of nitro benzene ring substituents is 1. The highest BCUT2D eigenvalue weighted by molar-refractivity contribution is 5.97. The van der Waals surface area contributed by atoms with Crippen molar-refractivity contribution < 1.29 is 24.0 Å². The molecule has 0 atom stereocenters. The first-order valence-electron chi connectivity index (χ1n) is 8.70. The van der Waals surface area contributed by atoms with Crippen LogP contribution in [-0.4, -0.2) is 60.5 Å². The van der Waals surface area contributed by atoms with Gasteiger partial charge in [-0.2, -0.15) is 0 Å². The molecule has 2 aliphatic heterocycles. The quantitative estimate of drug-likeness (QED) is 0.460. The number of hydrogen-bond donors (Lipinski definition) is 1. The lowest BCUT2D eigenvalue weighted by atomic mass is 9.96. The van der Waals surface area contributed by atoms with Gasteiger partial charge in [0.25, 0.3) is 11.6 Å². The third-order valence-electron chi connectivity index (χ3n) is 4.74. The van der Waals surface area contributed by atoms with E-state index in [1.807, 2.05) is 4.90 Å². The Balaban J connectivity index is 1.50. The van der Waals surface area contributed by atoms with Crippen molar-refractivity contribution in [3.8, 4) is 0 Å². The van der Waals surface area contributed by atoms with Gasteiger partial charge in [0.15, 0.2) is 6.61 Å². The van der Waals surface area contributed by atoms with Crippen LogP contribution in [0, 0.1) is 16.0 Å². The minimum atomic E-state index is -0.546. The number of nitro groups is 1. The third kappa shape index (κ3) is 4.15. The number of imide groups is 1. The Morgan fingerprint density at radius 1 is 1.22 bits per heavy atom. The van der Waals surface area contributed by atoms with Crippen molar-refractivity contribution in [2.75, 3.05) is 37.7 Å². The van der Waals surface area contributed by atoms with Gasteiger partial charge in [0, 0.05) is 32.2 Å². The summed E-state index contributed by atoms with van der Waals surface area (Å²) in [6.07, 6.45) is 0.951. The van der Waals surface area contributed by atoms with Crippen molar-refractivity contribution in [1.82, 2.24) is 10.2 Å². The number of amides is 3. The number of benzene rings is 1. The maximum Gasteiger partial charge on any atom is 0.324 e. The summed E-state index contributed by atoms with van der Waals surface area (Å²) in [5.74, 6) is -1.40. The zero-order valence-electron chi connectivity index (χ0n) is 14.6. The fourth-order valence-electron chi connectivity index (χ4n) is 3.28. The lowest BCUT2D eigenvalue weighted by molar-refractivity contribution is -0.384. The smallest absolute Gasteiger partial charge is 0.324 e. The van der Waals surface area contributed by atoms with Crippen LogP contribution in [0.5, 0.6) is 0 Å². The summed E-state index contributed by atoms with van der Waals surface area (Å²) >= 11 is 0. The van der Waals surface area contributed by atoms with Crippen LogP contribution in [0.1, 0.15) is 12.8 Å². The molecule has 144 valence electrons. The number of rotatable bonds is 5. The fraction of sp³-hybridized carbons (Fsp3) is 0.471. The normalized spacial score (nSPS) is 17.6. The lowest BCUT2D eigenvalue weighted by Gasteiger charge is -2.32. The van der Waals surface area contributed by atoms with E-state index in [1.54, 1.807) is 18.2 Å². The molecule has 0 bridgehead atoms.